The first-order valence-electron chi connectivity index (χ1n) is 5.55. The summed E-state index contributed by atoms with van der Waals surface area (Å²) in [6.45, 7) is 5.08. The highest BCUT2D eigenvalue weighted by atomic mass is 16.6. The fourth-order valence-corrected chi connectivity index (χ4v) is 3.08. The molecule has 0 aromatic rings. The highest BCUT2D eigenvalue weighted by Crippen LogP contribution is 2.52. The zero-order chi connectivity index (χ0) is 10.7. The molecule has 0 saturated carbocycles. The van der Waals surface area contributed by atoms with E-state index in [0.29, 0.717) is 13.0 Å². The van der Waals surface area contributed by atoms with E-state index in [4.69, 9.17) is 9.47 Å². The van der Waals surface area contributed by atoms with E-state index in [-0.39, 0.29) is 17.5 Å². The van der Waals surface area contributed by atoms with E-state index in [1.165, 1.54) is 5.57 Å². The van der Waals surface area contributed by atoms with Crippen molar-refractivity contribution in [2.45, 2.75) is 44.8 Å². The molecule has 2 atom stereocenters. The van der Waals surface area contributed by atoms with Crippen LogP contribution in [-0.4, -0.2) is 24.3 Å². The number of ether oxygens (including phenoxy) is 2. The predicted molar refractivity (Wildman–Crippen MR) is 54.3 cm³/mol. The zero-order valence-corrected chi connectivity index (χ0v) is 9.21. The molecule has 82 valence electrons. The van der Waals surface area contributed by atoms with Crippen LogP contribution in [0.25, 0.3) is 0 Å². The molecule has 2 fully saturated rings. The van der Waals surface area contributed by atoms with E-state index >= 15 is 0 Å². The number of rotatable bonds is 0. The summed E-state index contributed by atoms with van der Waals surface area (Å²) >= 11 is 0. The van der Waals surface area contributed by atoms with Crippen molar-refractivity contribution in [2.75, 3.05) is 6.61 Å². The Labute approximate surface area is 89.4 Å². The Morgan fingerprint density at radius 3 is 3.07 bits per heavy atom. The molecular formula is C12H16O3. The van der Waals surface area contributed by atoms with Gasteiger partial charge in [0, 0.05) is 0 Å². The smallest absolute Gasteiger partial charge is 0.309 e. The van der Waals surface area contributed by atoms with E-state index in [9.17, 15) is 4.79 Å². The van der Waals surface area contributed by atoms with Gasteiger partial charge in [0.2, 0.25) is 0 Å². The lowest BCUT2D eigenvalue weighted by Crippen LogP contribution is -2.43. The molecule has 2 aliphatic heterocycles. The third-order valence-corrected chi connectivity index (χ3v) is 3.79. The average molecular weight is 208 g/mol. The largest absolute Gasteiger partial charge is 0.452 e. The van der Waals surface area contributed by atoms with Crippen LogP contribution in [0, 0.1) is 5.41 Å². The molecule has 3 rings (SSSR count). The van der Waals surface area contributed by atoms with E-state index < -0.39 is 5.60 Å². The van der Waals surface area contributed by atoms with Crippen molar-refractivity contribution in [2.24, 2.45) is 5.41 Å². The highest BCUT2D eigenvalue weighted by Gasteiger charge is 2.59. The van der Waals surface area contributed by atoms with Crippen LogP contribution in [0.3, 0.4) is 0 Å². The maximum absolute atomic E-state index is 11.4. The van der Waals surface area contributed by atoms with Gasteiger partial charge in [-0.2, -0.15) is 0 Å². The van der Waals surface area contributed by atoms with Gasteiger partial charge in [-0.05, 0) is 23.8 Å². The summed E-state index contributed by atoms with van der Waals surface area (Å²) in [5.74, 6) is -0.108. The minimum Gasteiger partial charge on any atom is -0.452 e. The maximum Gasteiger partial charge on any atom is 0.309 e. The second-order valence-electron chi connectivity index (χ2n) is 5.64. The van der Waals surface area contributed by atoms with Crippen molar-refractivity contribution in [1.82, 2.24) is 0 Å². The third-order valence-electron chi connectivity index (χ3n) is 3.79. The van der Waals surface area contributed by atoms with Crippen LogP contribution in [0.4, 0.5) is 0 Å². The molecule has 0 aromatic heterocycles. The summed E-state index contributed by atoms with van der Waals surface area (Å²) in [7, 11) is 0. The standard InChI is InChI=1S/C12H16O3/c1-11(2)4-3-8-6-14-9-5-10(13)15-12(8,9)7-11/h3,9H,4-7H2,1-2H3/t9-,12-/m0/s1. The highest BCUT2D eigenvalue weighted by molar-refractivity contribution is 5.75. The average Bonchev–Trinajstić information content (AvgIpc) is 2.54. The molecule has 0 N–H and O–H groups in total. The van der Waals surface area contributed by atoms with Crippen molar-refractivity contribution in [3.05, 3.63) is 11.6 Å². The molecule has 0 aromatic carbocycles. The summed E-state index contributed by atoms with van der Waals surface area (Å²) in [6.07, 6.45) is 4.56. The van der Waals surface area contributed by atoms with E-state index in [1.54, 1.807) is 0 Å². The first-order valence-corrected chi connectivity index (χ1v) is 5.55. The summed E-state index contributed by atoms with van der Waals surface area (Å²) in [5.41, 5.74) is 0.997. The molecule has 0 amide bonds. The van der Waals surface area contributed by atoms with Gasteiger partial charge in [-0.3, -0.25) is 4.79 Å². The van der Waals surface area contributed by atoms with Gasteiger partial charge in [0.15, 0.2) is 5.60 Å². The van der Waals surface area contributed by atoms with Crippen LogP contribution in [-0.2, 0) is 14.3 Å². The monoisotopic (exact) mass is 208 g/mol. The number of carbonyl (C=O) groups is 1. The normalized spacial score (nSPS) is 41.9. The van der Waals surface area contributed by atoms with Crippen LogP contribution in [0.2, 0.25) is 0 Å². The molecule has 2 saturated heterocycles. The Hall–Kier alpha value is -0.830. The molecule has 1 spiro atoms. The zero-order valence-electron chi connectivity index (χ0n) is 9.21. The first-order chi connectivity index (χ1) is 7.02. The molecule has 2 heterocycles. The second kappa shape index (κ2) is 2.64. The minimum atomic E-state index is -0.404. The van der Waals surface area contributed by atoms with E-state index in [0.717, 1.165) is 12.8 Å². The number of allylic oxidation sites excluding steroid dienone is 1. The van der Waals surface area contributed by atoms with Crippen molar-refractivity contribution >= 4 is 5.97 Å². The molecule has 0 bridgehead atoms. The fraction of sp³-hybridized carbons (Fsp3) is 0.750. The maximum atomic E-state index is 11.4. The van der Waals surface area contributed by atoms with Crippen LogP contribution in [0.15, 0.2) is 11.6 Å². The van der Waals surface area contributed by atoms with E-state index in [2.05, 4.69) is 19.9 Å². The lowest BCUT2D eigenvalue weighted by Gasteiger charge is -2.39. The number of hydrogen-bond acceptors (Lipinski definition) is 3. The van der Waals surface area contributed by atoms with Crippen LogP contribution < -0.4 is 0 Å². The van der Waals surface area contributed by atoms with Crippen molar-refractivity contribution in [3.8, 4) is 0 Å². The SMILES string of the molecule is CC1(C)CC=C2CO[C@H]3CC(=O)O[C@@]23C1. The summed E-state index contributed by atoms with van der Waals surface area (Å²) < 4.78 is 11.2. The topological polar surface area (TPSA) is 35.5 Å². The molecule has 3 heteroatoms. The number of esters is 1. The van der Waals surface area contributed by atoms with Gasteiger partial charge in [0.25, 0.3) is 0 Å². The minimum absolute atomic E-state index is 0.0316. The molecule has 0 unspecified atom stereocenters. The Bertz CT molecular complexity index is 356. The Morgan fingerprint density at radius 2 is 2.27 bits per heavy atom. The van der Waals surface area contributed by atoms with Crippen LogP contribution >= 0.6 is 0 Å². The predicted octanol–water partition coefficient (Wildman–Crippen LogP) is 1.82. The molecular weight excluding hydrogens is 192 g/mol. The number of hydrogen-bond donors (Lipinski definition) is 0. The van der Waals surface area contributed by atoms with Gasteiger partial charge < -0.3 is 9.47 Å². The Morgan fingerprint density at radius 1 is 1.47 bits per heavy atom. The van der Waals surface area contributed by atoms with Crippen LogP contribution in [0.1, 0.15) is 33.1 Å². The first kappa shape index (κ1) is 9.40. The summed E-state index contributed by atoms with van der Waals surface area (Å²) in [6, 6.07) is 0. The summed E-state index contributed by atoms with van der Waals surface area (Å²) in [5, 5.41) is 0. The Kier molecular flexibility index (Phi) is 1.66. The quantitative estimate of drug-likeness (QED) is 0.450. The van der Waals surface area contributed by atoms with Crippen molar-refractivity contribution in [3.63, 3.8) is 0 Å². The van der Waals surface area contributed by atoms with Gasteiger partial charge in [-0.25, -0.2) is 0 Å². The summed E-state index contributed by atoms with van der Waals surface area (Å²) in [4.78, 5) is 11.4. The number of carbonyl (C=O) groups excluding carboxylic acids is 1. The Balaban J connectivity index is 2.04. The van der Waals surface area contributed by atoms with Gasteiger partial charge in [0.05, 0.1) is 13.0 Å². The lowest BCUT2D eigenvalue weighted by atomic mass is 9.69. The third kappa shape index (κ3) is 1.19. The molecule has 3 aliphatic rings. The molecule has 1 aliphatic carbocycles. The van der Waals surface area contributed by atoms with Crippen molar-refractivity contribution in [1.29, 1.82) is 0 Å². The fourth-order valence-electron chi connectivity index (χ4n) is 3.08. The van der Waals surface area contributed by atoms with Gasteiger partial charge in [0.1, 0.15) is 6.10 Å². The molecule has 15 heavy (non-hydrogen) atoms. The lowest BCUT2D eigenvalue weighted by molar-refractivity contribution is -0.148. The van der Waals surface area contributed by atoms with Gasteiger partial charge in [-0.15, -0.1) is 0 Å². The van der Waals surface area contributed by atoms with E-state index in [1.807, 2.05) is 0 Å². The van der Waals surface area contributed by atoms with Gasteiger partial charge in [-0.1, -0.05) is 19.9 Å². The van der Waals surface area contributed by atoms with Crippen molar-refractivity contribution < 1.29 is 14.3 Å². The molecule has 0 radical (unpaired) electrons. The van der Waals surface area contributed by atoms with Crippen LogP contribution in [0.5, 0.6) is 0 Å². The second-order valence-corrected chi connectivity index (χ2v) is 5.64. The molecule has 3 nitrogen and oxygen atoms in total. The van der Waals surface area contributed by atoms with Gasteiger partial charge >= 0.3 is 5.97 Å².